The predicted molar refractivity (Wildman–Crippen MR) is 80.4 cm³/mol. The van der Waals surface area contributed by atoms with Crippen LogP contribution < -0.4 is 9.47 Å². The maximum Gasteiger partial charge on any atom is 0.314 e. The Balaban J connectivity index is 2.25. The molecule has 0 saturated heterocycles. The van der Waals surface area contributed by atoms with E-state index in [9.17, 15) is 23.7 Å². The first-order chi connectivity index (χ1) is 11.3. The summed E-state index contributed by atoms with van der Waals surface area (Å²) in [7, 11) is 1.36. The number of halogens is 2. The van der Waals surface area contributed by atoms with Gasteiger partial charge in [-0.05, 0) is 37.3 Å². The van der Waals surface area contributed by atoms with E-state index < -0.39 is 28.4 Å². The summed E-state index contributed by atoms with van der Waals surface area (Å²) in [6.07, 6.45) is -1.14. The molecule has 0 aliphatic carbocycles. The average Bonchev–Trinajstić information content (AvgIpc) is 2.56. The topological polar surface area (TPSA) is 78.7 Å². The van der Waals surface area contributed by atoms with Gasteiger partial charge in [-0.15, -0.1) is 0 Å². The van der Waals surface area contributed by atoms with Crippen molar-refractivity contribution in [3.63, 3.8) is 0 Å². The third-order valence-corrected chi connectivity index (χ3v) is 3.24. The van der Waals surface area contributed by atoms with E-state index in [1.54, 1.807) is 0 Å². The van der Waals surface area contributed by atoms with Gasteiger partial charge in [0.25, 0.3) is 0 Å². The molecule has 2 aromatic rings. The van der Waals surface area contributed by atoms with Crippen LogP contribution >= 0.6 is 0 Å². The van der Waals surface area contributed by atoms with Crippen LogP contribution in [-0.4, -0.2) is 23.9 Å². The molecular weight excluding hydrogens is 324 g/mol. The fourth-order valence-corrected chi connectivity index (χ4v) is 1.99. The first kappa shape index (κ1) is 17.3. The number of nitrogens with zero attached hydrogens (tertiary/aromatic N) is 1. The van der Waals surface area contributed by atoms with Gasteiger partial charge in [0.1, 0.15) is 5.75 Å². The monoisotopic (exact) mass is 337 g/mol. The molecule has 8 heteroatoms. The number of nitro benzene ring substituents is 1. The van der Waals surface area contributed by atoms with Crippen LogP contribution in [0.2, 0.25) is 0 Å². The first-order valence-corrected chi connectivity index (χ1v) is 6.82. The van der Waals surface area contributed by atoms with Gasteiger partial charge in [0.15, 0.2) is 23.5 Å². The summed E-state index contributed by atoms with van der Waals surface area (Å²) in [6, 6.07) is 6.58. The molecule has 0 aliphatic heterocycles. The molecule has 0 radical (unpaired) electrons. The lowest BCUT2D eigenvalue weighted by Crippen LogP contribution is -2.24. The fourth-order valence-electron chi connectivity index (χ4n) is 1.99. The molecule has 0 aromatic heterocycles. The molecule has 0 unspecified atom stereocenters. The molecule has 2 rings (SSSR count). The molecule has 0 amide bonds. The maximum absolute atomic E-state index is 13.2. The minimum atomic E-state index is -1.16. The molecule has 0 N–H and O–H groups in total. The zero-order valence-electron chi connectivity index (χ0n) is 12.8. The van der Waals surface area contributed by atoms with Crippen molar-refractivity contribution in [1.29, 1.82) is 0 Å². The Hall–Kier alpha value is -3.03. The van der Waals surface area contributed by atoms with Gasteiger partial charge < -0.3 is 9.47 Å². The van der Waals surface area contributed by atoms with Crippen LogP contribution in [0, 0.1) is 21.7 Å². The van der Waals surface area contributed by atoms with Crippen LogP contribution in [0.4, 0.5) is 14.5 Å². The lowest BCUT2D eigenvalue weighted by atomic mass is 10.1. The van der Waals surface area contributed by atoms with E-state index in [0.29, 0.717) is 0 Å². The van der Waals surface area contributed by atoms with Gasteiger partial charge in [-0.3, -0.25) is 14.9 Å². The van der Waals surface area contributed by atoms with Crippen molar-refractivity contribution < 1.29 is 28.0 Å². The number of carbonyl (C=O) groups is 1. The van der Waals surface area contributed by atoms with E-state index in [2.05, 4.69) is 0 Å². The molecule has 0 aliphatic rings. The van der Waals surface area contributed by atoms with Gasteiger partial charge in [0, 0.05) is 5.56 Å². The van der Waals surface area contributed by atoms with Crippen molar-refractivity contribution in [2.45, 2.75) is 13.0 Å². The van der Waals surface area contributed by atoms with E-state index in [4.69, 9.17) is 9.47 Å². The second kappa shape index (κ2) is 7.03. The molecule has 0 fully saturated rings. The Morgan fingerprint density at radius 3 is 2.46 bits per heavy atom. The van der Waals surface area contributed by atoms with Crippen molar-refractivity contribution in [3.8, 4) is 11.5 Å². The van der Waals surface area contributed by atoms with E-state index in [0.717, 1.165) is 24.3 Å². The summed E-state index contributed by atoms with van der Waals surface area (Å²) in [5, 5.41) is 11.1. The highest BCUT2D eigenvalue weighted by Gasteiger charge is 2.23. The average molecular weight is 337 g/mol. The fraction of sp³-hybridized carbons (Fsp3) is 0.188. The Bertz CT molecular complexity index is 794. The van der Waals surface area contributed by atoms with Crippen LogP contribution in [0.25, 0.3) is 0 Å². The lowest BCUT2D eigenvalue weighted by molar-refractivity contribution is -0.386. The molecule has 1 atom stereocenters. The van der Waals surface area contributed by atoms with E-state index in [1.807, 2.05) is 0 Å². The summed E-state index contributed by atoms with van der Waals surface area (Å²) >= 11 is 0. The number of ether oxygens (including phenoxy) is 2. The summed E-state index contributed by atoms with van der Waals surface area (Å²) in [5.74, 6) is -2.76. The van der Waals surface area contributed by atoms with Crippen LogP contribution in [0.1, 0.15) is 17.3 Å². The molecule has 0 heterocycles. The smallest absolute Gasteiger partial charge is 0.314 e. The largest absolute Gasteiger partial charge is 0.496 e. The normalized spacial score (nSPS) is 11.7. The van der Waals surface area contributed by atoms with Crippen LogP contribution in [0.3, 0.4) is 0 Å². The second-order valence-corrected chi connectivity index (χ2v) is 4.84. The Morgan fingerprint density at radius 2 is 1.88 bits per heavy atom. The van der Waals surface area contributed by atoms with Crippen molar-refractivity contribution in [2.75, 3.05) is 7.11 Å². The van der Waals surface area contributed by atoms with Gasteiger partial charge in [0.2, 0.25) is 5.78 Å². The minimum absolute atomic E-state index is 0.0995. The number of Topliss-reactive ketones (excluding diaryl/α,β-unsaturated/α-hetero) is 1. The summed E-state index contributed by atoms with van der Waals surface area (Å²) in [4.78, 5) is 22.6. The van der Waals surface area contributed by atoms with Crippen molar-refractivity contribution >= 4 is 11.5 Å². The van der Waals surface area contributed by atoms with Crippen LogP contribution in [0.5, 0.6) is 11.5 Å². The summed E-state index contributed by atoms with van der Waals surface area (Å²) in [5.41, 5.74) is -0.475. The molecular formula is C16H13F2NO5. The van der Waals surface area contributed by atoms with Gasteiger partial charge >= 0.3 is 5.69 Å². The number of methoxy groups -OCH3 is 1. The van der Waals surface area contributed by atoms with Gasteiger partial charge in [-0.25, -0.2) is 8.78 Å². The number of rotatable bonds is 6. The number of hydrogen-bond donors (Lipinski definition) is 0. The number of nitro groups is 1. The third-order valence-electron chi connectivity index (χ3n) is 3.24. The van der Waals surface area contributed by atoms with E-state index in [-0.39, 0.29) is 22.7 Å². The first-order valence-electron chi connectivity index (χ1n) is 6.82. The molecule has 126 valence electrons. The summed E-state index contributed by atoms with van der Waals surface area (Å²) < 4.78 is 36.4. The number of carbonyl (C=O) groups excluding carboxylic acids is 1. The predicted octanol–water partition coefficient (Wildman–Crippen LogP) is 3.53. The lowest BCUT2D eigenvalue weighted by Gasteiger charge is -2.14. The molecule has 0 saturated carbocycles. The molecule has 24 heavy (non-hydrogen) atoms. The number of ketones is 1. The Morgan fingerprint density at radius 1 is 1.17 bits per heavy atom. The van der Waals surface area contributed by atoms with Crippen LogP contribution in [0.15, 0.2) is 36.4 Å². The highest BCUT2D eigenvalue weighted by Crippen LogP contribution is 2.32. The second-order valence-electron chi connectivity index (χ2n) is 4.84. The number of hydrogen-bond acceptors (Lipinski definition) is 5. The van der Waals surface area contributed by atoms with Gasteiger partial charge in [0.05, 0.1) is 18.1 Å². The highest BCUT2D eigenvalue weighted by atomic mass is 19.2. The van der Waals surface area contributed by atoms with Gasteiger partial charge in [-0.2, -0.15) is 0 Å². The summed E-state index contributed by atoms with van der Waals surface area (Å²) in [6.45, 7) is 1.36. The SMILES string of the molecule is COc1ccc(O[C@@H](C)C(=O)c2ccc(F)c(F)c2)c([N+](=O)[O-])c1. The van der Waals surface area contributed by atoms with E-state index in [1.165, 1.54) is 26.2 Å². The van der Waals surface area contributed by atoms with Crippen LogP contribution in [-0.2, 0) is 0 Å². The third kappa shape index (κ3) is 3.65. The standard InChI is InChI=1S/C16H13F2NO5/c1-9(16(20)10-3-5-12(17)13(18)7-10)24-15-6-4-11(23-2)8-14(15)19(21)22/h3-9H,1-2H3/t9-/m0/s1. The quantitative estimate of drug-likeness (QED) is 0.458. The Kier molecular flexibility index (Phi) is 5.08. The zero-order valence-corrected chi connectivity index (χ0v) is 12.8. The minimum Gasteiger partial charge on any atom is -0.496 e. The number of benzene rings is 2. The van der Waals surface area contributed by atoms with Crippen molar-refractivity contribution in [3.05, 3.63) is 63.7 Å². The highest BCUT2D eigenvalue weighted by molar-refractivity contribution is 5.99. The molecule has 0 bridgehead atoms. The van der Waals surface area contributed by atoms with Crippen molar-refractivity contribution in [1.82, 2.24) is 0 Å². The molecule has 6 nitrogen and oxygen atoms in total. The van der Waals surface area contributed by atoms with Gasteiger partial charge in [-0.1, -0.05) is 0 Å². The zero-order chi connectivity index (χ0) is 17.9. The van der Waals surface area contributed by atoms with Crippen molar-refractivity contribution in [2.24, 2.45) is 0 Å². The Labute approximate surface area is 135 Å². The maximum atomic E-state index is 13.2. The molecule has 2 aromatic carbocycles. The molecule has 0 spiro atoms. The van der Waals surface area contributed by atoms with E-state index >= 15 is 0 Å².